The highest BCUT2D eigenvalue weighted by Crippen LogP contribution is 2.22. The van der Waals surface area contributed by atoms with Gasteiger partial charge in [0.25, 0.3) is 0 Å². The summed E-state index contributed by atoms with van der Waals surface area (Å²) in [5.74, 6) is -0.489. The molecule has 0 unspecified atom stereocenters. The van der Waals surface area contributed by atoms with Gasteiger partial charge in [-0.1, -0.05) is 42.6 Å². The van der Waals surface area contributed by atoms with Gasteiger partial charge in [-0.05, 0) is 30.2 Å². The summed E-state index contributed by atoms with van der Waals surface area (Å²) in [6.45, 7) is 2.99. The number of rotatable bonds is 8. The van der Waals surface area contributed by atoms with E-state index in [1.165, 1.54) is 13.2 Å². The number of nitrogens with zero attached hydrogens (tertiary/aromatic N) is 1. The first-order valence-corrected chi connectivity index (χ1v) is 8.22. The summed E-state index contributed by atoms with van der Waals surface area (Å²) in [4.78, 5) is 25.2. The molecule has 0 heterocycles. The Hall–Kier alpha value is -1.52. The number of carbonyl (C=O) groups is 2. The third-order valence-corrected chi connectivity index (χ3v) is 3.84. The molecule has 0 spiro atoms. The van der Waals surface area contributed by atoms with Crippen LogP contribution >= 0.6 is 23.2 Å². The second-order valence-corrected chi connectivity index (χ2v) is 5.85. The number of carbonyl (C=O) groups excluding carboxylic acids is 2. The van der Waals surface area contributed by atoms with Crippen molar-refractivity contribution in [1.29, 1.82) is 0 Å². The number of hydrogen-bond donors (Lipinski definition) is 0. The molecule has 0 saturated carbocycles. The van der Waals surface area contributed by atoms with Gasteiger partial charge in [0.1, 0.15) is 0 Å². The molecule has 23 heavy (non-hydrogen) atoms. The minimum atomic E-state index is -0.330. The molecule has 0 aliphatic heterocycles. The lowest BCUT2D eigenvalue weighted by molar-refractivity contribution is -0.141. The van der Waals surface area contributed by atoms with E-state index >= 15 is 0 Å². The van der Waals surface area contributed by atoms with E-state index in [4.69, 9.17) is 23.2 Å². The molecular formula is C17H21Cl2NO3. The Labute approximate surface area is 147 Å². The molecule has 0 N–H and O–H groups in total. The van der Waals surface area contributed by atoms with Gasteiger partial charge in [0.15, 0.2) is 0 Å². The van der Waals surface area contributed by atoms with Crippen molar-refractivity contribution in [2.75, 3.05) is 20.2 Å². The van der Waals surface area contributed by atoms with E-state index < -0.39 is 0 Å². The number of amides is 1. The standard InChI is InChI=1S/C17H21Cl2NO3/c1-3-4-10-20(11-9-17(22)23-2)16(21)8-6-13-5-7-14(18)12-15(13)19/h5-8,12H,3-4,9-11H2,1-2H3/b8-6+. The summed E-state index contributed by atoms with van der Waals surface area (Å²) in [6.07, 6.45) is 5.14. The first kappa shape index (κ1) is 19.5. The summed E-state index contributed by atoms with van der Waals surface area (Å²) >= 11 is 11.9. The fourth-order valence-corrected chi connectivity index (χ4v) is 2.38. The highest BCUT2D eigenvalue weighted by atomic mass is 35.5. The highest BCUT2D eigenvalue weighted by molar-refractivity contribution is 6.35. The zero-order valence-electron chi connectivity index (χ0n) is 13.4. The molecule has 0 aliphatic carbocycles. The normalized spacial score (nSPS) is 10.8. The summed E-state index contributed by atoms with van der Waals surface area (Å²) in [6, 6.07) is 5.09. The van der Waals surface area contributed by atoms with E-state index in [1.54, 1.807) is 29.2 Å². The summed E-state index contributed by atoms with van der Waals surface area (Å²) < 4.78 is 4.62. The van der Waals surface area contributed by atoms with E-state index in [2.05, 4.69) is 4.74 Å². The van der Waals surface area contributed by atoms with Crippen molar-refractivity contribution >= 4 is 41.2 Å². The third-order valence-electron chi connectivity index (χ3n) is 3.27. The fraction of sp³-hybridized carbons (Fsp3) is 0.412. The Morgan fingerprint density at radius 3 is 2.61 bits per heavy atom. The maximum Gasteiger partial charge on any atom is 0.307 e. The van der Waals surface area contributed by atoms with Crippen molar-refractivity contribution in [3.05, 3.63) is 39.9 Å². The van der Waals surface area contributed by atoms with Crippen LogP contribution in [0.3, 0.4) is 0 Å². The summed E-state index contributed by atoms with van der Waals surface area (Å²) in [5.41, 5.74) is 0.716. The lowest BCUT2D eigenvalue weighted by Crippen LogP contribution is -2.32. The zero-order chi connectivity index (χ0) is 17.2. The molecule has 0 saturated heterocycles. The van der Waals surface area contributed by atoms with Gasteiger partial charge in [0, 0.05) is 29.2 Å². The number of methoxy groups -OCH3 is 1. The zero-order valence-corrected chi connectivity index (χ0v) is 14.9. The van der Waals surface area contributed by atoms with Gasteiger partial charge in [-0.15, -0.1) is 0 Å². The van der Waals surface area contributed by atoms with Crippen LogP contribution in [-0.2, 0) is 14.3 Å². The molecule has 0 aromatic heterocycles. The Bertz CT molecular complexity index is 573. The van der Waals surface area contributed by atoms with Gasteiger partial charge in [-0.2, -0.15) is 0 Å². The lowest BCUT2D eigenvalue weighted by atomic mass is 10.2. The van der Waals surface area contributed by atoms with Gasteiger partial charge in [0.2, 0.25) is 5.91 Å². The molecule has 0 atom stereocenters. The number of esters is 1. The molecule has 1 rings (SSSR count). The van der Waals surface area contributed by atoms with E-state index in [1.807, 2.05) is 6.92 Å². The molecule has 0 aliphatic rings. The molecule has 0 radical (unpaired) electrons. The molecule has 1 aromatic rings. The maximum absolute atomic E-state index is 12.3. The predicted octanol–water partition coefficient (Wildman–Crippen LogP) is 4.20. The Balaban J connectivity index is 2.74. The Kier molecular flexibility index (Phi) is 8.74. The molecule has 0 bridgehead atoms. The van der Waals surface area contributed by atoms with Crippen LogP contribution in [0.15, 0.2) is 24.3 Å². The number of ether oxygens (including phenoxy) is 1. The number of unbranched alkanes of at least 4 members (excludes halogenated alkanes) is 1. The van der Waals surface area contributed by atoms with Crippen LogP contribution in [0, 0.1) is 0 Å². The average molecular weight is 358 g/mol. The van der Waals surface area contributed by atoms with Gasteiger partial charge >= 0.3 is 5.97 Å². The van der Waals surface area contributed by atoms with Gasteiger partial charge in [-0.3, -0.25) is 9.59 Å². The van der Waals surface area contributed by atoms with Crippen molar-refractivity contribution in [2.24, 2.45) is 0 Å². The summed E-state index contributed by atoms with van der Waals surface area (Å²) in [7, 11) is 1.34. The molecule has 1 aromatic carbocycles. The maximum atomic E-state index is 12.3. The molecule has 4 nitrogen and oxygen atoms in total. The van der Waals surface area contributed by atoms with E-state index in [9.17, 15) is 9.59 Å². The third kappa shape index (κ3) is 7.06. The van der Waals surface area contributed by atoms with Gasteiger partial charge in [0.05, 0.1) is 13.5 Å². The number of hydrogen-bond acceptors (Lipinski definition) is 3. The van der Waals surface area contributed by atoms with Crippen molar-refractivity contribution in [1.82, 2.24) is 4.90 Å². The highest BCUT2D eigenvalue weighted by Gasteiger charge is 2.12. The van der Waals surface area contributed by atoms with Crippen LogP contribution in [-0.4, -0.2) is 37.0 Å². The minimum Gasteiger partial charge on any atom is -0.469 e. The molecule has 6 heteroatoms. The number of halogens is 2. The van der Waals surface area contributed by atoms with Crippen molar-refractivity contribution in [3.63, 3.8) is 0 Å². The Morgan fingerprint density at radius 2 is 2.00 bits per heavy atom. The van der Waals surface area contributed by atoms with Crippen molar-refractivity contribution in [2.45, 2.75) is 26.2 Å². The fourth-order valence-electron chi connectivity index (χ4n) is 1.91. The summed E-state index contributed by atoms with van der Waals surface area (Å²) in [5, 5.41) is 1.03. The predicted molar refractivity (Wildman–Crippen MR) is 93.6 cm³/mol. The Morgan fingerprint density at radius 1 is 1.26 bits per heavy atom. The van der Waals surface area contributed by atoms with Crippen LogP contribution in [0.2, 0.25) is 10.0 Å². The first-order valence-electron chi connectivity index (χ1n) is 7.46. The monoisotopic (exact) mass is 357 g/mol. The second-order valence-electron chi connectivity index (χ2n) is 5.00. The van der Waals surface area contributed by atoms with Crippen LogP contribution in [0.4, 0.5) is 0 Å². The molecule has 0 fully saturated rings. The van der Waals surface area contributed by atoms with Crippen LogP contribution < -0.4 is 0 Å². The smallest absolute Gasteiger partial charge is 0.307 e. The largest absolute Gasteiger partial charge is 0.469 e. The van der Waals surface area contributed by atoms with Crippen LogP contribution in [0.1, 0.15) is 31.7 Å². The van der Waals surface area contributed by atoms with E-state index in [0.717, 1.165) is 12.8 Å². The van der Waals surface area contributed by atoms with Gasteiger partial charge in [-0.25, -0.2) is 0 Å². The topological polar surface area (TPSA) is 46.6 Å². The van der Waals surface area contributed by atoms with E-state index in [-0.39, 0.29) is 18.3 Å². The van der Waals surface area contributed by atoms with Crippen LogP contribution in [0.25, 0.3) is 6.08 Å². The quantitative estimate of drug-likeness (QED) is 0.517. The van der Waals surface area contributed by atoms with E-state index in [0.29, 0.717) is 28.7 Å². The molecular weight excluding hydrogens is 337 g/mol. The average Bonchev–Trinajstić information content (AvgIpc) is 2.53. The van der Waals surface area contributed by atoms with Gasteiger partial charge < -0.3 is 9.64 Å². The van der Waals surface area contributed by atoms with Crippen LogP contribution in [0.5, 0.6) is 0 Å². The first-order chi connectivity index (χ1) is 11.0. The molecule has 126 valence electrons. The lowest BCUT2D eigenvalue weighted by Gasteiger charge is -2.20. The van der Waals surface area contributed by atoms with Crippen molar-refractivity contribution in [3.8, 4) is 0 Å². The van der Waals surface area contributed by atoms with Crippen molar-refractivity contribution < 1.29 is 14.3 Å². The molecule has 1 amide bonds. The minimum absolute atomic E-state index is 0.159. The number of benzene rings is 1. The second kappa shape index (κ2) is 10.3. The SMILES string of the molecule is CCCCN(CCC(=O)OC)C(=O)/C=C/c1ccc(Cl)cc1Cl.